The first kappa shape index (κ1) is 17.6. The Morgan fingerprint density at radius 2 is 1.96 bits per heavy atom. The highest BCUT2D eigenvalue weighted by Gasteiger charge is 2.45. The Balaban J connectivity index is 1.71. The van der Waals surface area contributed by atoms with Gasteiger partial charge in [0, 0.05) is 37.7 Å². The zero-order valence-electron chi connectivity index (χ0n) is 14.1. The minimum absolute atomic E-state index is 0.107. The van der Waals surface area contributed by atoms with Gasteiger partial charge < -0.3 is 14.7 Å². The molecule has 2 N–H and O–H groups in total. The Labute approximate surface area is 148 Å². The third-order valence-electron chi connectivity index (χ3n) is 4.34. The molecule has 2 aromatic rings. The average Bonchev–Trinajstić information content (AvgIpc) is 2.64. The van der Waals surface area contributed by atoms with Gasteiger partial charge >= 0.3 is 5.97 Å². The Morgan fingerprint density at radius 1 is 1.23 bits per heavy atom. The van der Waals surface area contributed by atoms with Crippen LogP contribution < -0.4 is 10.3 Å². The number of piperidine rings is 1. The molecule has 136 valence electrons. The van der Waals surface area contributed by atoms with Gasteiger partial charge in [-0.2, -0.15) is 5.10 Å². The lowest BCUT2D eigenvalue weighted by atomic mass is 9.91. The summed E-state index contributed by atoms with van der Waals surface area (Å²) in [5.41, 5.74) is -0.900. The second kappa shape index (κ2) is 6.95. The highest BCUT2D eigenvalue weighted by molar-refractivity contribution is 5.92. The number of aryl methyl sites for hydroxylation is 1. The maximum atomic E-state index is 12.4. The number of nitrogens with one attached hydrogen (secondary N) is 1. The van der Waals surface area contributed by atoms with E-state index in [1.807, 2.05) is 6.92 Å². The van der Waals surface area contributed by atoms with Gasteiger partial charge in [0.25, 0.3) is 11.5 Å². The summed E-state index contributed by atoms with van der Waals surface area (Å²) in [5, 5.41) is 15.6. The number of rotatable bonds is 4. The van der Waals surface area contributed by atoms with Crippen LogP contribution in [0.5, 0.6) is 5.75 Å². The van der Waals surface area contributed by atoms with Crippen LogP contribution >= 0.6 is 0 Å². The molecule has 0 saturated carbocycles. The monoisotopic (exact) mass is 358 g/mol. The number of nitrogens with zero attached hydrogens (tertiary/aromatic N) is 3. The van der Waals surface area contributed by atoms with Gasteiger partial charge in [0.05, 0.1) is 6.20 Å². The minimum Gasteiger partial charge on any atom is -0.478 e. The number of carbonyl (C=O) groups is 2. The standard InChI is InChI=1S/C17H18N4O5/c1-11-2-3-12(10-18-11)26-17(16(24)25)6-8-21(9-7-17)15(23)13-4-5-14(22)20-19-13/h2-5,10H,6-9H2,1H3,(H,20,22)(H,24,25). The van der Waals surface area contributed by atoms with E-state index in [0.29, 0.717) is 5.75 Å². The number of carboxylic acids is 1. The number of pyridine rings is 1. The topological polar surface area (TPSA) is 125 Å². The fourth-order valence-electron chi connectivity index (χ4n) is 2.80. The lowest BCUT2D eigenvalue weighted by molar-refractivity contribution is -0.159. The second-order valence-corrected chi connectivity index (χ2v) is 6.14. The molecule has 0 aromatic carbocycles. The number of carboxylic acid groups (broad SMARTS) is 1. The summed E-state index contributed by atoms with van der Waals surface area (Å²) in [7, 11) is 0. The second-order valence-electron chi connectivity index (χ2n) is 6.14. The van der Waals surface area contributed by atoms with E-state index in [0.717, 1.165) is 5.69 Å². The third-order valence-corrected chi connectivity index (χ3v) is 4.34. The van der Waals surface area contributed by atoms with Crippen LogP contribution in [0.15, 0.2) is 35.3 Å². The van der Waals surface area contributed by atoms with Gasteiger partial charge in [-0.05, 0) is 25.1 Å². The molecular formula is C17H18N4O5. The molecule has 0 atom stereocenters. The number of aliphatic carboxylic acids is 1. The van der Waals surface area contributed by atoms with Crippen molar-refractivity contribution in [2.75, 3.05) is 13.1 Å². The normalized spacial score (nSPS) is 16.1. The van der Waals surface area contributed by atoms with Crippen molar-refractivity contribution in [2.45, 2.75) is 25.4 Å². The van der Waals surface area contributed by atoms with E-state index in [1.54, 1.807) is 12.1 Å². The first-order valence-corrected chi connectivity index (χ1v) is 8.10. The summed E-state index contributed by atoms with van der Waals surface area (Å²) in [5.74, 6) is -1.07. The number of hydrogen-bond donors (Lipinski definition) is 2. The predicted octanol–water partition coefficient (Wildman–Crippen LogP) is 0.612. The van der Waals surface area contributed by atoms with Gasteiger partial charge in [0.2, 0.25) is 5.60 Å². The van der Waals surface area contributed by atoms with Gasteiger partial charge in [0.1, 0.15) is 11.4 Å². The van der Waals surface area contributed by atoms with Crippen LogP contribution in [0.3, 0.4) is 0 Å². The molecule has 1 aliphatic rings. The zero-order chi connectivity index (χ0) is 18.7. The van der Waals surface area contributed by atoms with Crippen molar-refractivity contribution < 1.29 is 19.4 Å². The number of hydrogen-bond acceptors (Lipinski definition) is 6. The van der Waals surface area contributed by atoms with Crippen LogP contribution in [-0.4, -0.2) is 55.8 Å². The third kappa shape index (κ3) is 3.56. The number of aromatic nitrogens is 3. The van der Waals surface area contributed by atoms with Gasteiger partial charge in [-0.3, -0.25) is 14.6 Å². The summed E-state index contributed by atoms with van der Waals surface area (Å²) in [6.07, 6.45) is 1.75. The van der Waals surface area contributed by atoms with E-state index in [1.165, 1.54) is 23.2 Å². The largest absolute Gasteiger partial charge is 0.478 e. The van der Waals surface area contributed by atoms with Crippen molar-refractivity contribution in [1.29, 1.82) is 0 Å². The Bertz CT molecular complexity index is 849. The van der Waals surface area contributed by atoms with Crippen molar-refractivity contribution in [3.8, 4) is 5.75 Å². The lowest BCUT2D eigenvalue weighted by Crippen LogP contribution is -2.54. The average molecular weight is 358 g/mol. The molecule has 1 saturated heterocycles. The van der Waals surface area contributed by atoms with Gasteiger partial charge in [-0.1, -0.05) is 0 Å². The van der Waals surface area contributed by atoms with Crippen LogP contribution in [0.25, 0.3) is 0 Å². The fourth-order valence-corrected chi connectivity index (χ4v) is 2.80. The van der Waals surface area contributed by atoms with Crippen LogP contribution in [0.4, 0.5) is 0 Å². The molecule has 3 rings (SSSR count). The number of H-pyrrole nitrogens is 1. The smallest absolute Gasteiger partial charge is 0.348 e. The Hall–Kier alpha value is -3.23. The Morgan fingerprint density at radius 3 is 2.50 bits per heavy atom. The molecule has 1 amide bonds. The highest BCUT2D eigenvalue weighted by Crippen LogP contribution is 2.29. The molecule has 26 heavy (non-hydrogen) atoms. The molecule has 1 aliphatic heterocycles. The number of likely N-dealkylation sites (tertiary alicyclic amines) is 1. The Kier molecular flexibility index (Phi) is 4.70. The maximum Gasteiger partial charge on any atom is 0.348 e. The molecule has 0 bridgehead atoms. The van der Waals surface area contributed by atoms with E-state index < -0.39 is 17.1 Å². The molecule has 2 aromatic heterocycles. The summed E-state index contributed by atoms with van der Waals surface area (Å²) in [6, 6.07) is 5.98. The quantitative estimate of drug-likeness (QED) is 0.820. The molecule has 0 spiro atoms. The molecule has 3 heterocycles. The van der Waals surface area contributed by atoms with Gasteiger partial charge in [-0.15, -0.1) is 0 Å². The molecule has 0 aliphatic carbocycles. The van der Waals surface area contributed by atoms with Crippen LogP contribution in [-0.2, 0) is 4.79 Å². The van der Waals surface area contributed by atoms with E-state index in [4.69, 9.17) is 4.74 Å². The minimum atomic E-state index is -1.41. The predicted molar refractivity (Wildman–Crippen MR) is 90.0 cm³/mol. The maximum absolute atomic E-state index is 12.4. The SMILES string of the molecule is Cc1ccc(OC2(C(=O)O)CCN(C(=O)c3ccc(=O)[nH]n3)CC2)cn1. The van der Waals surface area contributed by atoms with Crippen LogP contribution in [0.2, 0.25) is 0 Å². The van der Waals surface area contributed by atoms with E-state index in [9.17, 15) is 19.5 Å². The van der Waals surface area contributed by atoms with Crippen LogP contribution in [0.1, 0.15) is 29.0 Å². The molecule has 0 radical (unpaired) electrons. The van der Waals surface area contributed by atoms with E-state index in [-0.39, 0.29) is 37.5 Å². The first-order valence-electron chi connectivity index (χ1n) is 8.10. The van der Waals surface area contributed by atoms with E-state index in [2.05, 4.69) is 15.2 Å². The van der Waals surface area contributed by atoms with Crippen LogP contribution in [0, 0.1) is 6.92 Å². The molecule has 9 heteroatoms. The molecule has 9 nitrogen and oxygen atoms in total. The summed E-state index contributed by atoms with van der Waals surface area (Å²) in [6.45, 7) is 2.22. The van der Waals surface area contributed by atoms with Crippen molar-refractivity contribution in [3.05, 3.63) is 52.2 Å². The van der Waals surface area contributed by atoms with Gasteiger partial charge in [0.15, 0.2) is 0 Å². The van der Waals surface area contributed by atoms with Crippen molar-refractivity contribution in [3.63, 3.8) is 0 Å². The molecule has 0 unspecified atom stereocenters. The number of aromatic amines is 1. The lowest BCUT2D eigenvalue weighted by Gasteiger charge is -2.38. The zero-order valence-corrected chi connectivity index (χ0v) is 14.1. The summed E-state index contributed by atoms with van der Waals surface area (Å²) < 4.78 is 5.75. The van der Waals surface area contributed by atoms with Gasteiger partial charge in [-0.25, -0.2) is 9.89 Å². The molecular weight excluding hydrogens is 340 g/mol. The number of amides is 1. The number of ether oxygens (including phenoxy) is 1. The van der Waals surface area contributed by atoms with Crippen molar-refractivity contribution >= 4 is 11.9 Å². The molecule has 1 fully saturated rings. The summed E-state index contributed by atoms with van der Waals surface area (Å²) >= 11 is 0. The first-order chi connectivity index (χ1) is 12.4. The van der Waals surface area contributed by atoms with E-state index >= 15 is 0 Å². The van der Waals surface area contributed by atoms with Crippen molar-refractivity contribution in [1.82, 2.24) is 20.1 Å². The summed E-state index contributed by atoms with van der Waals surface area (Å²) in [4.78, 5) is 40.9. The van der Waals surface area contributed by atoms with Crippen molar-refractivity contribution in [2.24, 2.45) is 0 Å². The fraction of sp³-hybridized carbons (Fsp3) is 0.353. The highest BCUT2D eigenvalue weighted by atomic mass is 16.5. The number of carbonyl (C=O) groups excluding carboxylic acids is 1.